The monoisotopic (exact) mass is 415 g/mol. The van der Waals surface area contributed by atoms with Gasteiger partial charge in [-0.1, -0.05) is 23.8 Å². The number of carbonyl (C=O) groups excluding carboxylic acids is 1. The highest BCUT2D eigenvalue weighted by molar-refractivity contribution is 5.95. The molecule has 1 aliphatic heterocycles. The van der Waals surface area contributed by atoms with Gasteiger partial charge in [-0.3, -0.25) is 9.89 Å². The Morgan fingerprint density at radius 3 is 2.84 bits per heavy atom. The zero-order chi connectivity index (χ0) is 22.0. The lowest BCUT2D eigenvalue weighted by molar-refractivity contribution is 0.0650. The second kappa shape index (κ2) is 8.38. The largest absolute Gasteiger partial charge is 0.384 e. The normalized spacial score (nSPS) is 17.5. The van der Waals surface area contributed by atoms with Crippen LogP contribution in [-0.4, -0.2) is 45.8 Å². The van der Waals surface area contributed by atoms with Gasteiger partial charge >= 0.3 is 0 Å². The van der Waals surface area contributed by atoms with E-state index in [0.29, 0.717) is 5.92 Å². The average molecular weight is 416 g/mol. The van der Waals surface area contributed by atoms with Gasteiger partial charge in [-0.25, -0.2) is 0 Å². The van der Waals surface area contributed by atoms with E-state index in [1.54, 1.807) is 6.20 Å². The number of aryl methyl sites for hydroxylation is 1. The summed E-state index contributed by atoms with van der Waals surface area (Å²) >= 11 is 0. The number of amides is 1. The van der Waals surface area contributed by atoms with E-state index in [-0.39, 0.29) is 11.4 Å². The van der Waals surface area contributed by atoms with Crippen molar-refractivity contribution >= 4 is 17.8 Å². The van der Waals surface area contributed by atoms with Crippen molar-refractivity contribution in [2.75, 3.05) is 18.4 Å². The van der Waals surface area contributed by atoms with E-state index in [2.05, 4.69) is 29.4 Å². The predicted molar refractivity (Wildman–Crippen MR) is 125 cm³/mol. The van der Waals surface area contributed by atoms with Gasteiger partial charge in [0.2, 0.25) is 0 Å². The highest BCUT2D eigenvalue weighted by Crippen LogP contribution is 2.34. The second-order valence-electron chi connectivity index (χ2n) is 8.98. The van der Waals surface area contributed by atoms with E-state index < -0.39 is 0 Å². The molecule has 1 aromatic heterocycles. The minimum absolute atomic E-state index is 0.0980. The van der Waals surface area contributed by atoms with Gasteiger partial charge in [0, 0.05) is 53.4 Å². The molecule has 0 radical (unpaired) electrons. The maximum Gasteiger partial charge on any atom is 0.254 e. The Labute approximate surface area is 183 Å². The maximum absolute atomic E-state index is 13.2. The van der Waals surface area contributed by atoms with Crippen LogP contribution in [-0.2, 0) is 0 Å². The molecule has 0 aliphatic carbocycles. The number of rotatable bonds is 6. The SMILES string of the molecule is Cc1cccc(C(=O)N2CC(CNc3ccc(-c4cn[nH]c4)cc3C=N)CC2(C)C)c1. The average Bonchev–Trinajstić information content (AvgIpc) is 3.39. The Morgan fingerprint density at radius 1 is 1.29 bits per heavy atom. The molecule has 160 valence electrons. The number of likely N-dealkylation sites (tertiary alicyclic amines) is 1. The third-order valence-corrected chi connectivity index (χ3v) is 6.09. The number of benzene rings is 2. The molecule has 1 aliphatic rings. The van der Waals surface area contributed by atoms with Gasteiger partial charge in [0.1, 0.15) is 0 Å². The summed E-state index contributed by atoms with van der Waals surface area (Å²) in [7, 11) is 0. The highest BCUT2D eigenvalue weighted by atomic mass is 16.2. The van der Waals surface area contributed by atoms with Crippen molar-refractivity contribution in [2.45, 2.75) is 32.7 Å². The van der Waals surface area contributed by atoms with Crippen molar-refractivity contribution in [2.24, 2.45) is 5.92 Å². The molecular weight excluding hydrogens is 386 g/mol. The molecule has 1 unspecified atom stereocenters. The summed E-state index contributed by atoms with van der Waals surface area (Å²) in [4.78, 5) is 15.2. The van der Waals surface area contributed by atoms with Crippen molar-refractivity contribution in [3.63, 3.8) is 0 Å². The van der Waals surface area contributed by atoms with Crippen molar-refractivity contribution in [1.29, 1.82) is 5.41 Å². The standard InChI is InChI=1S/C25H29N5O/c1-17-5-4-6-20(9-17)24(31)30-16-18(11-25(30,2)3)13-27-23-8-7-19(10-21(23)12-26)22-14-28-29-15-22/h4-10,12,14-15,18,26-27H,11,13,16H2,1-3H3,(H,28,29). The quantitative estimate of drug-likeness (QED) is 0.509. The molecule has 0 bridgehead atoms. The second-order valence-corrected chi connectivity index (χ2v) is 8.98. The zero-order valence-electron chi connectivity index (χ0n) is 18.3. The Kier molecular flexibility index (Phi) is 5.63. The van der Waals surface area contributed by atoms with Crippen LogP contribution in [0.15, 0.2) is 54.9 Å². The zero-order valence-corrected chi connectivity index (χ0v) is 18.3. The number of H-pyrrole nitrogens is 1. The third-order valence-electron chi connectivity index (χ3n) is 6.09. The van der Waals surface area contributed by atoms with Crippen LogP contribution in [0.25, 0.3) is 11.1 Å². The number of nitrogens with zero attached hydrogens (tertiary/aromatic N) is 2. The molecule has 1 amide bonds. The van der Waals surface area contributed by atoms with Gasteiger partial charge in [-0.2, -0.15) is 5.10 Å². The van der Waals surface area contributed by atoms with Gasteiger partial charge < -0.3 is 15.6 Å². The number of nitrogens with one attached hydrogen (secondary N) is 3. The summed E-state index contributed by atoms with van der Waals surface area (Å²) in [6, 6.07) is 13.8. The van der Waals surface area contributed by atoms with E-state index in [4.69, 9.17) is 5.41 Å². The number of carbonyl (C=O) groups is 1. The molecule has 6 nitrogen and oxygen atoms in total. The molecular formula is C25H29N5O. The van der Waals surface area contributed by atoms with Gasteiger partial charge in [0.15, 0.2) is 0 Å². The first kappa shape index (κ1) is 20.8. The topological polar surface area (TPSA) is 84.9 Å². The van der Waals surface area contributed by atoms with E-state index >= 15 is 0 Å². The Morgan fingerprint density at radius 2 is 2.13 bits per heavy atom. The molecule has 1 fully saturated rings. The molecule has 31 heavy (non-hydrogen) atoms. The minimum atomic E-state index is -0.192. The van der Waals surface area contributed by atoms with Crippen LogP contribution < -0.4 is 5.32 Å². The summed E-state index contributed by atoms with van der Waals surface area (Å²) < 4.78 is 0. The number of hydrogen-bond acceptors (Lipinski definition) is 4. The van der Waals surface area contributed by atoms with Crippen LogP contribution in [0, 0.1) is 18.3 Å². The fourth-order valence-corrected chi connectivity index (χ4v) is 4.50. The summed E-state index contributed by atoms with van der Waals surface area (Å²) in [6.45, 7) is 7.77. The highest BCUT2D eigenvalue weighted by Gasteiger charge is 2.41. The van der Waals surface area contributed by atoms with Crippen LogP contribution in [0.1, 0.15) is 41.8 Å². The Hall–Kier alpha value is -3.41. The molecule has 0 saturated carbocycles. The van der Waals surface area contributed by atoms with E-state index in [1.165, 1.54) is 6.21 Å². The van der Waals surface area contributed by atoms with E-state index in [0.717, 1.165) is 53.0 Å². The fourth-order valence-electron chi connectivity index (χ4n) is 4.50. The van der Waals surface area contributed by atoms with Gasteiger partial charge in [-0.05, 0) is 62.9 Å². The smallest absolute Gasteiger partial charge is 0.254 e. The first-order valence-electron chi connectivity index (χ1n) is 10.6. The predicted octanol–water partition coefficient (Wildman–Crippen LogP) is 4.74. The number of hydrogen-bond donors (Lipinski definition) is 3. The summed E-state index contributed by atoms with van der Waals surface area (Å²) in [5.41, 5.74) is 5.45. The first-order valence-corrected chi connectivity index (χ1v) is 10.6. The van der Waals surface area contributed by atoms with Gasteiger partial charge in [-0.15, -0.1) is 0 Å². The molecule has 4 rings (SSSR count). The fraction of sp³-hybridized carbons (Fsp3) is 0.320. The van der Waals surface area contributed by atoms with Crippen LogP contribution in [0.5, 0.6) is 0 Å². The van der Waals surface area contributed by atoms with Crippen molar-refractivity contribution in [3.8, 4) is 11.1 Å². The van der Waals surface area contributed by atoms with E-state index in [9.17, 15) is 4.79 Å². The van der Waals surface area contributed by atoms with Crippen LogP contribution in [0.4, 0.5) is 5.69 Å². The summed E-state index contributed by atoms with van der Waals surface area (Å²) in [5, 5.41) is 18.1. The molecule has 1 saturated heterocycles. The lowest BCUT2D eigenvalue weighted by Crippen LogP contribution is -2.42. The maximum atomic E-state index is 13.2. The number of anilines is 1. The van der Waals surface area contributed by atoms with Crippen LogP contribution in [0.2, 0.25) is 0 Å². The summed E-state index contributed by atoms with van der Waals surface area (Å²) in [6.07, 6.45) is 5.93. The molecule has 1 atom stereocenters. The van der Waals surface area contributed by atoms with Crippen molar-refractivity contribution in [1.82, 2.24) is 15.1 Å². The first-order chi connectivity index (χ1) is 14.9. The molecule has 3 aromatic rings. The summed E-state index contributed by atoms with van der Waals surface area (Å²) in [5.74, 6) is 0.441. The number of aromatic nitrogens is 2. The third kappa shape index (κ3) is 4.38. The molecule has 2 aromatic carbocycles. The van der Waals surface area contributed by atoms with Crippen molar-refractivity contribution < 1.29 is 4.79 Å². The van der Waals surface area contributed by atoms with Gasteiger partial charge in [0.05, 0.1) is 6.20 Å². The molecule has 0 spiro atoms. The molecule has 6 heteroatoms. The van der Waals surface area contributed by atoms with Crippen molar-refractivity contribution in [3.05, 3.63) is 71.5 Å². The van der Waals surface area contributed by atoms with Crippen LogP contribution >= 0.6 is 0 Å². The Bertz CT molecular complexity index is 1090. The Balaban J connectivity index is 1.45. The van der Waals surface area contributed by atoms with Gasteiger partial charge in [0.25, 0.3) is 5.91 Å². The lowest BCUT2D eigenvalue weighted by atomic mass is 9.95. The van der Waals surface area contributed by atoms with Crippen LogP contribution in [0.3, 0.4) is 0 Å². The number of aromatic amines is 1. The minimum Gasteiger partial charge on any atom is -0.384 e. The van der Waals surface area contributed by atoms with E-state index in [1.807, 2.05) is 60.5 Å². The molecule has 2 heterocycles. The molecule has 3 N–H and O–H groups in total. The lowest BCUT2D eigenvalue weighted by Gasteiger charge is -2.31.